The number of carbonyl (C=O) groups is 1. The van der Waals surface area contributed by atoms with E-state index < -0.39 is 11.7 Å². The van der Waals surface area contributed by atoms with Crippen LogP contribution in [0.2, 0.25) is 0 Å². The summed E-state index contributed by atoms with van der Waals surface area (Å²) in [5.74, 6) is 0.299. The number of likely N-dealkylation sites (tertiary alicyclic amines) is 1. The van der Waals surface area contributed by atoms with Crippen LogP contribution in [0.3, 0.4) is 0 Å². The van der Waals surface area contributed by atoms with Crippen LogP contribution >= 0.6 is 0 Å². The van der Waals surface area contributed by atoms with Gasteiger partial charge in [0.1, 0.15) is 11.4 Å². The molecule has 0 aromatic carbocycles. The van der Waals surface area contributed by atoms with Gasteiger partial charge in [-0.05, 0) is 32.8 Å². The summed E-state index contributed by atoms with van der Waals surface area (Å²) < 4.78 is 45.3. The number of ether oxygens (including phenoxy) is 1. The Labute approximate surface area is 148 Å². The number of hydrogen-bond acceptors (Lipinski definition) is 5. The standard InChI is InChI=1S/C16H20F3N5O2/c1-10(2)26-15(25)23-6-3-4-11(23)8-20-13-5-7-24-14(22-13)12(9-21-24)16(17,18)19/h5,7,9-11H,3-4,6,8H2,1-2H3,(H,20,22)/t11-/m0/s1. The number of aromatic nitrogens is 3. The van der Waals surface area contributed by atoms with E-state index in [1.165, 1.54) is 6.20 Å². The van der Waals surface area contributed by atoms with Crippen molar-refractivity contribution < 1.29 is 22.7 Å². The zero-order valence-corrected chi connectivity index (χ0v) is 14.5. The van der Waals surface area contributed by atoms with E-state index in [2.05, 4.69) is 15.4 Å². The molecule has 0 saturated carbocycles. The van der Waals surface area contributed by atoms with Crippen LogP contribution in [-0.4, -0.2) is 50.8 Å². The lowest BCUT2D eigenvalue weighted by molar-refractivity contribution is -0.136. The number of anilines is 1. The first-order valence-electron chi connectivity index (χ1n) is 8.38. The lowest BCUT2D eigenvalue weighted by Gasteiger charge is -2.25. The number of halogens is 3. The van der Waals surface area contributed by atoms with E-state index in [0.29, 0.717) is 18.9 Å². The molecule has 0 bridgehead atoms. The molecule has 0 unspecified atom stereocenters. The maximum Gasteiger partial charge on any atom is 0.421 e. The fourth-order valence-corrected chi connectivity index (χ4v) is 2.95. The Morgan fingerprint density at radius 1 is 1.46 bits per heavy atom. The number of hydrogen-bond donors (Lipinski definition) is 1. The van der Waals surface area contributed by atoms with Crippen LogP contribution in [0, 0.1) is 0 Å². The first-order chi connectivity index (χ1) is 12.3. The van der Waals surface area contributed by atoms with Gasteiger partial charge in [0.25, 0.3) is 0 Å². The average molecular weight is 371 g/mol. The van der Waals surface area contributed by atoms with Crippen molar-refractivity contribution in [3.63, 3.8) is 0 Å². The van der Waals surface area contributed by atoms with Gasteiger partial charge in [-0.1, -0.05) is 0 Å². The van der Waals surface area contributed by atoms with E-state index in [1.54, 1.807) is 24.8 Å². The molecule has 1 amide bonds. The normalized spacial score (nSPS) is 17.9. The van der Waals surface area contributed by atoms with Crippen LogP contribution < -0.4 is 5.32 Å². The van der Waals surface area contributed by atoms with Gasteiger partial charge in [-0.3, -0.25) is 0 Å². The summed E-state index contributed by atoms with van der Waals surface area (Å²) in [4.78, 5) is 17.8. The van der Waals surface area contributed by atoms with E-state index in [0.717, 1.165) is 23.6 Å². The second-order valence-electron chi connectivity index (χ2n) is 6.44. The van der Waals surface area contributed by atoms with Gasteiger partial charge in [0.15, 0.2) is 5.65 Å². The van der Waals surface area contributed by atoms with Crippen LogP contribution in [0.5, 0.6) is 0 Å². The highest BCUT2D eigenvalue weighted by Gasteiger charge is 2.35. The van der Waals surface area contributed by atoms with Gasteiger partial charge in [-0.25, -0.2) is 14.3 Å². The molecule has 1 fully saturated rings. The Hall–Kier alpha value is -2.52. The topological polar surface area (TPSA) is 71.8 Å². The van der Waals surface area contributed by atoms with Gasteiger partial charge in [0.05, 0.1) is 18.3 Å². The van der Waals surface area contributed by atoms with E-state index in [-0.39, 0.29) is 23.9 Å². The SMILES string of the molecule is CC(C)OC(=O)N1CCC[C@H]1CNc1ccn2ncc(C(F)(F)F)c2n1. The second kappa shape index (κ2) is 7.00. The third kappa shape index (κ3) is 3.83. The molecule has 1 atom stereocenters. The maximum atomic E-state index is 13.0. The fourth-order valence-electron chi connectivity index (χ4n) is 2.95. The molecule has 3 rings (SSSR count). The number of amides is 1. The van der Waals surface area contributed by atoms with Crippen LogP contribution in [0.1, 0.15) is 32.3 Å². The summed E-state index contributed by atoms with van der Waals surface area (Å²) in [6.07, 6.45) is -1.27. The smallest absolute Gasteiger partial charge is 0.421 e. The largest absolute Gasteiger partial charge is 0.447 e. The Balaban J connectivity index is 1.70. The van der Waals surface area contributed by atoms with Gasteiger partial charge >= 0.3 is 12.3 Å². The van der Waals surface area contributed by atoms with Crippen molar-refractivity contribution in [2.45, 2.75) is 45.0 Å². The number of nitrogens with zero attached hydrogens (tertiary/aromatic N) is 4. The predicted molar refractivity (Wildman–Crippen MR) is 87.8 cm³/mol. The number of nitrogens with one attached hydrogen (secondary N) is 1. The number of fused-ring (bicyclic) bond motifs is 1. The molecule has 7 nitrogen and oxygen atoms in total. The molecular weight excluding hydrogens is 351 g/mol. The molecule has 2 aromatic rings. The van der Waals surface area contributed by atoms with E-state index >= 15 is 0 Å². The average Bonchev–Trinajstić information content (AvgIpc) is 3.18. The van der Waals surface area contributed by atoms with Crippen molar-refractivity contribution in [3.05, 3.63) is 24.0 Å². The van der Waals surface area contributed by atoms with Gasteiger partial charge in [-0.15, -0.1) is 0 Å². The molecule has 1 aliphatic heterocycles. The Morgan fingerprint density at radius 3 is 2.92 bits per heavy atom. The van der Waals surface area contributed by atoms with Crippen molar-refractivity contribution in [2.24, 2.45) is 0 Å². The summed E-state index contributed by atoms with van der Waals surface area (Å²) in [7, 11) is 0. The number of carbonyl (C=O) groups excluding carboxylic acids is 1. The molecule has 1 saturated heterocycles. The van der Waals surface area contributed by atoms with Crippen LogP contribution in [0.25, 0.3) is 5.65 Å². The van der Waals surface area contributed by atoms with Crippen LogP contribution in [0.4, 0.5) is 23.8 Å². The lowest BCUT2D eigenvalue weighted by Crippen LogP contribution is -2.40. The highest BCUT2D eigenvalue weighted by Crippen LogP contribution is 2.31. The Morgan fingerprint density at radius 2 is 2.23 bits per heavy atom. The lowest BCUT2D eigenvalue weighted by atomic mass is 10.2. The van der Waals surface area contributed by atoms with Gasteiger partial charge < -0.3 is 15.0 Å². The molecule has 0 spiro atoms. The van der Waals surface area contributed by atoms with Gasteiger partial charge in [-0.2, -0.15) is 18.3 Å². The minimum absolute atomic E-state index is 0.0914. The van der Waals surface area contributed by atoms with Gasteiger partial charge in [0, 0.05) is 19.3 Å². The van der Waals surface area contributed by atoms with Crippen molar-refractivity contribution in [3.8, 4) is 0 Å². The van der Waals surface area contributed by atoms with E-state index in [1.807, 2.05) is 0 Å². The molecule has 26 heavy (non-hydrogen) atoms. The molecule has 1 aliphatic rings. The summed E-state index contributed by atoms with van der Waals surface area (Å²) in [6.45, 7) is 4.55. The summed E-state index contributed by atoms with van der Waals surface area (Å²) in [6, 6.07) is 1.46. The molecule has 1 N–H and O–H groups in total. The number of rotatable bonds is 4. The molecule has 2 aromatic heterocycles. The first kappa shape index (κ1) is 18.3. The Bertz CT molecular complexity index is 790. The summed E-state index contributed by atoms with van der Waals surface area (Å²) in [5, 5.41) is 6.68. The van der Waals surface area contributed by atoms with Crippen molar-refractivity contribution >= 4 is 17.6 Å². The zero-order chi connectivity index (χ0) is 18.9. The molecule has 142 valence electrons. The molecular formula is C16H20F3N5O2. The van der Waals surface area contributed by atoms with Crippen LogP contribution in [0.15, 0.2) is 18.5 Å². The molecule has 3 heterocycles. The molecule has 0 radical (unpaired) electrons. The van der Waals surface area contributed by atoms with Crippen molar-refractivity contribution in [1.29, 1.82) is 0 Å². The summed E-state index contributed by atoms with van der Waals surface area (Å²) >= 11 is 0. The minimum Gasteiger partial charge on any atom is -0.447 e. The monoisotopic (exact) mass is 371 g/mol. The third-order valence-electron chi connectivity index (χ3n) is 4.14. The van der Waals surface area contributed by atoms with Crippen molar-refractivity contribution in [1.82, 2.24) is 19.5 Å². The second-order valence-corrected chi connectivity index (χ2v) is 6.44. The van der Waals surface area contributed by atoms with E-state index in [9.17, 15) is 18.0 Å². The predicted octanol–water partition coefficient (Wildman–Crippen LogP) is 3.17. The first-order valence-corrected chi connectivity index (χ1v) is 8.38. The van der Waals surface area contributed by atoms with E-state index in [4.69, 9.17) is 4.74 Å². The molecule has 0 aliphatic carbocycles. The fraction of sp³-hybridized carbons (Fsp3) is 0.562. The zero-order valence-electron chi connectivity index (χ0n) is 14.5. The van der Waals surface area contributed by atoms with Crippen LogP contribution in [-0.2, 0) is 10.9 Å². The quantitative estimate of drug-likeness (QED) is 0.894. The number of alkyl halides is 3. The Kier molecular flexibility index (Phi) is 4.92. The van der Waals surface area contributed by atoms with Gasteiger partial charge in [0.2, 0.25) is 0 Å². The maximum absolute atomic E-state index is 13.0. The third-order valence-corrected chi connectivity index (χ3v) is 4.14. The summed E-state index contributed by atoms with van der Waals surface area (Å²) in [5.41, 5.74) is -1.14. The highest BCUT2D eigenvalue weighted by molar-refractivity contribution is 5.68. The minimum atomic E-state index is -4.52. The molecule has 10 heteroatoms. The van der Waals surface area contributed by atoms with Crippen molar-refractivity contribution in [2.75, 3.05) is 18.4 Å². The highest BCUT2D eigenvalue weighted by atomic mass is 19.4.